The lowest BCUT2D eigenvalue weighted by molar-refractivity contribution is 0.270. The van der Waals surface area contributed by atoms with Gasteiger partial charge >= 0.3 is 0 Å². The molecule has 100 valence electrons. The van der Waals surface area contributed by atoms with Crippen LogP contribution in [0.5, 0.6) is 0 Å². The monoisotopic (exact) mass is 247 g/mol. The van der Waals surface area contributed by atoms with Gasteiger partial charge in [0.2, 0.25) is 0 Å². The highest BCUT2D eigenvalue weighted by atomic mass is 15.3. The summed E-state index contributed by atoms with van der Waals surface area (Å²) in [4.78, 5) is 9.43. The molecule has 3 nitrogen and oxygen atoms in total. The molecule has 0 aliphatic carbocycles. The van der Waals surface area contributed by atoms with Gasteiger partial charge in [-0.1, -0.05) is 27.7 Å². The summed E-state index contributed by atoms with van der Waals surface area (Å²) in [6, 6.07) is 4.38. The fourth-order valence-corrected chi connectivity index (χ4v) is 2.35. The van der Waals surface area contributed by atoms with Crippen LogP contribution < -0.4 is 4.90 Å². The predicted molar refractivity (Wildman–Crippen MR) is 77.3 cm³/mol. The molecule has 1 aliphatic rings. The summed E-state index contributed by atoms with van der Waals surface area (Å²) in [5.74, 6) is 1.14. The van der Waals surface area contributed by atoms with Crippen molar-refractivity contribution < 1.29 is 0 Å². The van der Waals surface area contributed by atoms with E-state index >= 15 is 0 Å². The fourth-order valence-electron chi connectivity index (χ4n) is 2.35. The van der Waals surface area contributed by atoms with Crippen LogP contribution in [0.3, 0.4) is 0 Å². The normalized spacial score (nSPS) is 18.1. The predicted octanol–water partition coefficient (Wildman–Crippen LogP) is 2.52. The van der Waals surface area contributed by atoms with E-state index in [4.69, 9.17) is 0 Å². The summed E-state index contributed by atoms with van der Waals surface area (Å²) in [5.41, 5.74) is 1.56. The lowest BCUT2D eigenvalue weighted by atomic mass is 9.88. The summed E-state index contributed by atoms with van der Waals surface area (Å²) in [5, 5.41) is 0. The Morgan fingerprint density at radius 2 is 1.83 bits per heavy atom. The van der Waals surface area contributed by atoms with Crippen LogP contribution >= 0.6 is 0 Å². The lowest BCUT2D eigenvalue weighted by Crippen LogP contribution is -2.46. The van der Waals surface area contributed by atoms with Gasteiger partial charge in [0.05, 0.1) is 0 Å². The summed E-state index contributed by atoms with van der Waals surface area (Å²) in [6.07, 6.45) is 1.95. The van der Waals surface area contributed by atoms with Gasteiger partial charge in [0, 0.05) is 32.4 Å². The Hall–Kier alpha value is -1.09. The summed E-state index contributed by atoms with van der Waals surface area (Å²) in [7, 11) is 0. The molecule has 0 atom stereocenters. The van der Waals surface area contributed by atoms with Crippen molar-refractivity contribution in [2.45, 2.75) is 33.1 Å². The van der Waals surface area contributed by atoms with Gasteiger partial charge < -0.3 is 9.80 Å². The minimum absolute atomic E-state index is 0.197. The van der Waals surface area contributed by atoms with Crippen molar-refractivity contribution in [1.29, 1.82) is 0 Å². The van der Waals surface area contributed by atoms with Gasteiger partial charge in [0.25, 0.3) is 0 Å². The molecule has 1 aliphatic heterocycles. The van der Waals surface area contributed by atoms with Crippen molar-refractivity contribution in [2.24, 2.45) is 0 Å². The molecule has 1 aromatic rings. The van der Waals surface area contributed by atoms with Crippen LogP contribution in [0.2, 0.25) is 0 Å². The van der Waals surface area contributed by atoms with E-state index in [1.54, 1.807) is 0 Å². The third-order valence-corrected chi connectivity index (χ3v) is 3.76. The van der Waals surface area contributed by atoms with E-state index in [-0.39, 0.29) is 5.41 Å². The Balaban J connectivity index is 2.10. The first-order valence-corrected chi connectivity index (χ1v) is 6.94. The van der Waals surface area contributed by atoms with E-state index in [2.05, 4.69) is 54.6 Å². The highest BCUT2D eigenvalue weighted by molar-refractivity contribution is 5.43. The van der Waals surface area contributed by atoms with Gasteiger partial charge in [0.1, 0.15) is 5.82 Å². The average molecular weight is 247 g/mol. The summed E-state index contributed by atoms with van der Waals surface area (Å²) in [6.45, 7) is 14.6. The largest absolute Gasteiger partial charge is 0.354 e. The molecule has 0 unspecified atom stereocenters. The molecule has 0 aromatic carbocycles. The van der Waals surface area contributed by atoms with Crippen molar-refractivity contribution in [2.75, 3.05) is 37.6 Å². The molecule has 0 radical (unpaired) electrons. The van der Waals surface area contributed by atoms with Gasteiger partial charge in [-0.05, 0) is 29.7 Å². The topological polar surface area (TPSA) is 19.4 Å². The molecule has 18 heavy (non-hydrogen) atoms. The minimum atomic E-state index is 0.197. The zero-order valence-corrected chi connectivity index (χ0v) is 12.1. The molecule has 0 amide bonds. The van der Waals surface area contributed by atoms with Crippen LogP contribution in [-0.2, 0) is 5.41 Å². The molecule has 0 spiro atoms. The number of pyridine rings is 1. The number of anilines is 1. The molecule has 3 heteroatoms. The van der Waals surface area contributed by atoms with Gasteiger partial charge in [-0.15, -0.1) is 0 Å². The maximum atomic E-state index is 4.53. The van der Waals surface area contributed by atoms with Gasteiger partial charge in [-0.3, -0.25) is 0 Å². The fraction of sp³-hybridized carbons (Fsp3) is 0.667. The van der Waals surface area contributed by atoms with E-state index < -0.39 is 0 Å². The second-order valence-electron chi connectivity index (χ2n) is 6.07. The molecule has 0 bridgehead atoms. The zero-order valence-electron chi connectivity index (χ0n) is 12.1. The Bertz CT molecular complexity index is 387. The van der Waals surface area contributed by atoms with Gasteiger partial charge in [0.15, 0.2) is 0 Å². The van der Waals surface area contributed by atoms with E-state index in [9.17, 15) is 0 Å². The highest BCUT2D eigenvalue weighted by Gasteiger charge is 2.19. The third kappa shape index (κ3) is 3.02. The van der Waals surface area contributed by atoms with Crippen LogP contribution in [0, 0.1) is 0 Å². The first-order chi connectivity index (χ1) is 8.50. The van der Waals surface area contributed by atoms with Crippen LogP contribution in [0.1, 0.15) is 33.3 Å². The number of likely N-dealkylation sites (N-methyl/N-ethyl adjacent to an activating group) is 1. The molecule has 2 heterocycles. The molecule has 1 saturated heterocycles. The average Bonchev–Trinajstić information content (AvgIpc) is 2.38. The lowest BCUT2D eigenvalue weighted by Gasteiger charge is -2.35. The van der Waals surface area contributed by atoms with Gasteiger partial charge in [-0.25, -0.2) is 4.98 Å². The van der Waals surface area contributed by atoms with Crippen molar-refractivity contribution in [3.63, 3.8) is 0 Å². The third-order valence-electron chi connectivity index (χ3n) is 3.76. The van der Waals surface area contributed by atoms with Crippen molar-refractivity contribution in [3.8, 4) is 0 Å². The van der Waals surface area contributed by atoms with E-state index in [0.29, 0.717) is 0 Å². The number of hydrogen-bond donors (Lipinski definition) is 0. The SMILES string of the molecule is CCN1CCN(c2cc(C(C)(C)C)ccn2)CC1. The standard InChI is InChI=1S/C15H25N3/c1-5-17-8-10-18(11-9-17)14-12-13(6-7-16-14)15(2,3)4/h6-7,12H,5,8-11H2,1-4H3. The molecule has 1 aromatic heterocycles. The summed E-state index contributed by atoms with van der Waals surface area (Å²) < 4.78 is 0. The minimum Gasteiger partial charge on any atom is -0.354 e. The molecule has 0 saturated carbocycles. The number of nitrogens with zero attached hydrogens (tertiary/aromatic N) is 3. The Kier molecular flexibility index (Phi) is 3.91. The van der Waals surface area contributed by atoms with E-state index in [0.717, 1.165) is 38.5 Å². The van der Waals surface area contributed by atoms with Crippen molar-refractivity contribution >= 4 is 5.82 Å². The van der Waals surface area contributed by atoms with Crippen LogP contribution in [0.15, 0.2) is 18.3 Å². The Labute approximate surface area is 111 Å². The quantitative estimate of drug-likeness (QED) is 0.800. The molecular formula is C15H25N3. The van der Waals surface area contributed by atoms with Crippen LogP contribution in [-0.4, -0.2) is 42.6 Å². The van der Waals surface area contributed by atoms with Crippen molar-refractivity contribution in [3.05, 3.63) is 23.9 Å². The molecule has 1 fully saturated rings. The van der Waals surface area contributed by atoms with E-state index in [1.165, 1.54) is 5.56 Å². The first-order valence-electron chi connectivity index (χ1n) is 6.94. The molecule has 2 rings (SSSR count). The van der Waals surface area contributed by atoms with Gasteiger partial charge in [-0.2, -0.15) is 0 Å². The zero-order chi connectivity index (χ0) is 13.2. The highest BCUT2D eigenvalue weighted by Crippen LogP contribution is 2.25. The summed E-state index contributed by atoms with van der Waals surface area (Å²) >= 11 is 0. The van der Waals surface area contributed by atoms with Crippen LogP contribution in [0.4, 0.5) is 5.82 Å². The number of rotatable bonds is 2. The number of aromatic nitrogens is 1. The number of piperazine rings is 1. The maximum absolute atomic E-state index is 4.53. The first kappa shape index (κ1) is 13.3. The number of hydrogen-bond acceptors (Lipinski definition) is 3. The second kappa shape index (κ2) is 5.27. The Morgan fingerprint density at radius 1 is 1.17 bits per heavy atom. The van der Waals surface area contributed by atoms with Crippen LogP contribution in [0.25, 0.3) is 0 Å². The second-order valence-corrected chi connectivity index (χ2v) is 6.07. The molecule has 0 N–H and O–H groups in total. The maximum Gasteiger partial charge on any atom is 0.128 e. The van der Waals surface area contributed by atoms with Crippen molar-refractivity contribution in [1.82, 2.24) is 9.88 Å². The molecular weight excluding hydrogens is 222 g/mol. The smallest absolute Gasteiger partial charge is 0.128 e. The Morgan fingerprint density at radius 3 is 2.39 bits per heavy atom. The van der Waals surface area contributed by atoms with E-state index in [1.807, 2.05) is 6.20 Å².